The molecule has 1 aromatic carbocycles. The molecule has 0 aliphatic heterocycles. The predicted octanol–water partition coefficient (Wildman–Crippen LogP) is 2.79. The van der Waals surface area contributed by atoms with Crippen molar-refractivity contribution >= 4 is 29.9 Å². The predicted molar refractivity (Wildman–Crippen MR) is 109 cm³/mol. The summed E-state index contributed by atoms with van der Waals surface area (Å²) in [5.74, 6) is 1.67. The van der Waals surface area contributed by atoms with Crippen LogP contribution in [0.1, 0.15) is 11.1 Å². The summed E-state index contributed by atoms with van der Waals surface area (Å²) in [6.45, 7) is 4.19. The molecule has 2 aromatic rings. The van der Waals surface area contributed by atoms with Crippen molar-refractivity contribution < 1.29 is 4.74 Å². The molecular weight excluding hydrogens is 415 g/mol. The molecule has 0 unspecified atom stereocenters. The molecule has 5 nitrogen and oxygen atoms in total. The van der Waals surface area contributed by atoms with Crippen molar-refractivity contribution in [2.45, 2.75) is 13.3 Å². The van der Waals surface area contributed by atoms with Crippen molar-refractivity contribution in [2.24, 2.45) is 4.99 Å². The van der Waals surface area contributed by atoms with Gasteiger partial charge in [0.25, 0.3) is 0 Å². The van der Waals surface area contributed by atoms with Crippen LogP contribution in [0.2, 0.25) is 0 Å². The fourth-order valence-electron chi connectivity index (χ4n) is 2.17. The number of aromatic nitrogens is 1. The van der Waals surface area contributed by atoms with Gasteiger partial charge in [-0.2, -0.15) is 0 Å². The first kappa shape index (κ1) is 20.2. The highest BCUT2D eigenvalue weighted by molar-refractivity contribution is 14.0. The van der Waals surface area contributed by atoms with Crippen molar-refractivity contribution in [3.05, 3.63) is 59.9 Å². The first-order valence-corrected chi connectivity index (χ1v) is 7.81. The van der Waals surface area contributed by atoms with Crippen molar-refractivity contribution in [3.63, 3.8) is 0 Å². The Hall–Kier alpha value is -1.83. The van der Waals surface area contributed by atoms with Crippen molar-refractivity contribution in [3.8, 4) is 5.75 Å². The number of aryl methyl sites for hydroxylation is 1. The molecule has 0 spiro atoms. The zero-order valence-corrected chi connectivity index (χ0v) is 16.5. The van der Waals surface area contributed by atoms with Gasteiger partial charge >= 0.3 is 0 Å². The number of benzene rings is 1. The number of hydrogen-bond donors (Lipinski definition) is 2. The lowest BCUT2D eigenvalue weighted by molar-refractivity contribution is 0.322. The molecule has 6 heteroatoms. The molecule has 0 bridgehead atoms. The van der Waals surface area contributed by atoms with Crippen LogP contribution in [-0.4, -0.2) is 37.7 Å². The van der Waals surface area contributed by atoms with E-state index in [-0.39, 0.29) is 24.0 Å². The highest BCUT2D eigenvalue weighted by Gasteiger charge is 2.00. The van der Waals surface area contributed by atoms with Crippen LogP contribution in [-0.2, 0) is 6.42 Å². The number of para-hydroxylation sites is 1. The van der Waals surface area contributed by atoms with E-state index in [4.69, 9.17) is 4.74 Å². The van der Waals surface area contributed by atoms with Crippen LogP contribution in [0.15, 0.2) is 53.8 Å². The van der Waals surface area contributed by atoms with Gasteiger partial charge in [0.1, 0.15) is 12.4 Å². The largest absolute Gasteiger partial charge is 0.492 e. The van der Waals surface area contributed by atoms with Crippen molar-refractivity contribution in [1.29, 1.82) is 0 Å². The molecule has 1 aromatic heterocycles. The maximum atomic E-state index is 5.64. The number of halogens is 1. The third-order valence-electron chi connectivity index (χ3n) is 3.45. The molecule has 24 heavy (non-hydrogen) atoms. The van der Waals surface area contributed by atoms with Gasteiger partial charge in [-0.1, -0.05) is 18.2 Å². The van der Waals surface area contributed by atoms with E-state index in [9.17, 15) is 0 Å². The summed E-state index contributed by atoms with van der Waals surface area (Å²) in [6.07, 6.45) is 4.66. The van der Waals surface area contributed by atoms with Gasteiger partial charge in [-0.25, -0.2) is 0 Å². The van der Waals surface area contributed by atoms with E-state index in [0.717, 1.165) is 24.7 Å². The number of guanidine groups is 1. The monoisotopic (exact) mass is 440 g/mol. The Kier molecular flexibility index (Phi) is 9.83. The summed E-state index contributed by atoms with van der Waals surface area (Å²) in [7, 11) is 1.77. The van der Waals surface area contributed by atoms with Crippen LogP contribution >= 0.6 is 24.0 Å². The van der Waals surface area contributed by atoms with Gasteiger partial charge in [0.15, 0.2) is 5.96 Å². The Labute approximate surface area is 161 Å². The molecule has 0 saturated heterocycles. The van der Waals surface area contributed by atoms with E-state index in [1.807, 2.05) is 42.7 Å². The Balaban J connectivity index is 0.00000288. The number of ether oxygens (including phenoxy) is 1. The second-order valence-corrected chi connectivity index (χ2v) is 5.14. The van der Waals surface area contributed by atoms with Gasteiger partial charge in [-0.3, -0.25) is 9.98 Å². The van der Waals surface area contributed by atoms with E-state index in [1.54, 1.807) is 7.05 Å². The average Bonchev–Trinajstić information content (AvgIpc) is 2.59. The summed E-state index contributed by atoms with van der Waals surface area (Å²) in [5.41, 5.74) is 2.52. The second-order valence-electron chi connectivity index (χ2n) is 5.14. The highest BCUT2D eigenvalue weighted by atomic mass is 127. The Bertz CT molecular complexity index is 619. The minimum atomic E-state index is 0. The SMILES string of the molecule is CN=C(NCCOc1ccccc1)NCCc1ccncc1C.I. The molecule has 1 heterocycles. The zero-order valence-electron chi connectivity index (χ0n) is 14.2. The fraction of sp³-hybridized carbons (Fsp3) is 0.333. The number of aliphatic imine (C=N–C) groups is 1. The van der Waals surface area contributed by atoms with Crippen LogP contribution in [0.4, 0.5) is 0 Å². The molecular formula is C18H25IN4O. The van der Waals surface area contributed by atoms with Crippen molar-refractivity contribution in [2.75, 3.05) is 26.7 Å². The first-order valence-electron chi connectivity index (χ1n) is 7.81. The summed E-state index contributed by atoms with van der Waals surface area (Å²) < 4.78 is 5.64. The number of nitrogens with one attached hydrogen (secondary N) is 2. The number of rotatable bonds is 7. The first-order chi connectivity index (χ1) is 11.3. The summed E-state index contributed by atoms with van der Waals surface area (Å²) in [4.78, 5) is 8.32. The number of pyridine rings is 1. The molecule has 0 aliphatic carbocycles. The average molecular weight is 440 g/mol. The van der Waals surface area contributed by atoms with Crippen LogP contribution in [0.3, 0.4) is 0 Å². The van der Waals surface area contributed by atoms with Gasteiger partial charge in [-0.05, 0) is 42.7 Å². The van der Waals surface area contributed by atoms with Crippen LogP contribution in [0.25, 0.3) is 0 Å². The van der Waals surface area contributed by atoms with Gasteiger partial charge in [0.2, 0.25) is 0 Å². The third-order valence-corrected chi connectivity index (χ3v) is 3.45. The molecule has 0 atom stereocenters. The molecule has 0 radical (unpaired) electrons. The zero-order chi connectivity index (χ0) is 16.3. The highest BCUT2D eigenvalue weighted by Crippen LogP contribution is 2.07. The Morgan fingerprint density at radius 1 is 1.12 bits per heavy atom. The molecule has 0 aliphatic rings. The molecule has 0 fully saturated rings. The lowest BCUT2D eigenvalue weighted by Gasteiger charge is -2.13. The molecule has 0 saturated carbocycles. The van der Waals surface area contributed by atoms with Crippen LogP contribution < -0.4 is 15.4 Å². The quantitative estimate of drug-likeness (QED) is 0.301. The Morgan fingerprint density at radius 3 is 2.58 bits per heavy atom. The topological polar surface area (TPSA) is 58.5 Å². The number of hydrogen-bond acceptors (Lipinski definition) is 3. The van der Waals surface area contributed by atoms with E-state index in [1.165, 1.54) is 11.1 Å². The van der Waals surface area contributed by atoms with E-state index in [2.05, 4.69) is 33.6 Å². The van der Waals surface area contributed by atoms with Crippen molar-refractivity contribution in [1.82, 2.24) is 15.6 Å². The smallest absolute Gasteiger partial charge is 0.191 e. The molecule has 2 N–H and O–H groups in total. The fourth-order valence-corrected chi connectivity index (χ4v) is 2.17. The molecule has 2 rings (SSSR count). The normalized spacial score (nSPS) is 10.7. The standard InChI is InChI=1S/C18H24N4O.HI/c1-15-14-20-10-8-16(15)9-11-21-18(19-2)22-12-13-23-17-6-4-3-5-7-17;/h3-8,10,14H,9,11-13H2,1-2H3,(H2,19,21,22);1H. The second kappa shape index (κ2) is 11.7. The van der Waals surface area contributed by atoms with Crippen LogP contribution in [0.5, 0.6) is 5.75 Å². The maximum absolute atomic E-state index is 5.64. The van der Waals surface area contributed by atoms with Gasteiger partial charge in [0.05, 0.1) is 6.54 Å². The van der Waals surface area contributed by atoms with Gasteiger partial charge in [0, 0.05) is 26.0 Å². The van der Waals surface area contributed by atoms with E-state index < -0.39 is 0 Å². The lowest BCUT2D eigenvalue weighted by Crippen LogP contribution is -2.40. The lowest BCUT2D eigenvalue weighted by atomic mass is 10.1. The summed E-state index contributed by atoms with van der Waals surface area (Å²) in [6, 6.07) is 11.9. The van der Waals surface area contributed by atoms with E-state index in [0.29, 0.717) is 13.2 Å². The summed E-state index contributed by atoms with van der Waals surface area (Å²) >= 11 is 0. The number of nitrogens with zero attached hydrogens (tertiary/aromatic N) is 2. The minimum absolute atomic E-state index is 0. The maximum Gasteiger partial charge on any atom is 0.191 e. The molecule has 0 amide bonds. The molecule has 130 valence electrons. The van der Waals surface area contributed by atoms with Gasteiger partial charge < -0.3 is 15.4 Å². The Morgan fingerprint density at radius 2 is 1.88 bits per heavy atom. The summed E-state index contributed by atoms with van der Waals surface area (Å²) in [5, 5.41) is 6.55. The minimum Gasteiger partial charge on any atom is -0.492 e. The van der Waals surface area contributed by atoms with Gasteiger partial charge in [-0.15, -0.1) is 24.0 Å². The van der Waals surface area contributed by atoms with E-state index >= 15 is 0 Å². The third kappa shape index (κ3) is 7.16. The van der Waals surface area contributed by atoms with Crippen LogP contribution in [0, 0.1) is 6.92 Å².